The van der Waals surface area contributed by atoms with Crippen LogP contribution < -0.4 is 0 Å². The van der Waals surface area contributed by atoms with Gasteiger partial charge in [-0.05, 0) is 12.5 Å². The SMILES string of the molecule is CCOC(=O)c1nn(CC(F)(F)F)cc1-c1ccccc1. The molecule has 1 aromatic carbocycles. The number of esters is 1. The van der Waals surface area contributed by atoms with E-state index in [4.69, 9.17) is 4.74 Å². The number of alkyl halides is 3. The normalized spacial score (nSPS) is 11.4. The number of rotatable bonds is 4. The summed E-state index contributed by atoms with van der Waals surface area (Å²) in [4.78, 5) is 11.8. The second kappa shape index (κ2) is 5.99. The molecule has 21 heavy (non-hydrogen) atoms. The summed E-state index contributed by atoms with van der Waals surface area (Å²) < 4.78 is 42.9. The lowest BCUT2D eigenvalue weighted by Crippen LogP contribution is -2.18. The van der Waals surface area contributed by atoms with Crippen LogP contribution in [-0.4, -0.2) is 28.5 Å². The van der Waals surface area contributed by atoms with Crippen LogP contribution in [0.5, 0.6) is 0 Å². The quantitative estimate of drug-likeness (QED) is 0.814. The number of ether oxygens (including phenoxy) is 1. The number of aromatic nitrogens is 2. The van der Waals surface area contributed by atoms with Gasteiger partial charge < -0.3 is 4.74 Å². The molecule has 0 N–H and O–H groups in total. The summed E-state index contributed by atoms with van der Waals surface area (Å²) in [6.07, 6.45) is -3.21. The Morgan fingerprint density at radius 2 is 1.95 bits per heavy atom. The molecule has 2 rings (SSSR count). The Morgan fingerprint density at radius 3 is 2.52 bits per heavy atom. The number of hydrogen-bond donors (Lipinski definition) is 0. The first-order valence-corrected chi connectivity index (χ1v) is 6.27. The maximum atomic E-state index is 12.5. The van der Waals surface area contributed by atoms with Gasteiger partial charge in [-0.2, -0.15) is 18.3 Å². The van der Waals surface area contributed by atoms with Gasteiger partial charge >= 0.3 is 12.1 Å². The zero-order valence-corrected chi connectivity index (χ0v) is 11.2. The Morgan fingerprint density at radius 1 is 1.29 bits per heavy atom. The number of hydrogen-bond acceptors (Lipinski definition) is 3. The van der Waals surface area contributed by atoms with Crippen molar-refractivity contribution in [1.29, 1.82) is 0 Å². The van der Waals surface area contributed by atoms with Crippen LogP contribution in [0.1, 0.15) is 17.4 Å². The summed E-state index contributed by atoms with van der Waals surface area (Å²) in [5, 5.41) is 3.71. The number of benzene rings is 1. The minimum absolute atomic E-state index is 0.118. The molecule has 0 aliphatic carbocycles. The molecule has 0 atom stereocenters. The van der Waals surface area contributed by atoms with Crippen molar-refractivity contribution in [3.63, 3.8) is 0 Å². The molecule has 0 radical (unpaired) electrons. The zero-order chi connectivity index (χ0) is 15.5. The average molecular weight is 298 g/mol. The Bertz CT molecular complexity index is 621. The molecule has 1 aromatic heterocycles. The molecule has 4 nitrogen and oxygen atoms in total. The van der Waals surface area contributed by atoms with Gasteiger partial charge in [0.25, 0.3) is 0 Å². The van der Waals surface area contributed by atoms with Crippen LogP contribution in [-0.2, 0) is 11.3 Å². The molecule has 0 bridgehead atoms. The zero-order valence-electron chi connectivity index (χ0n) is 11.2. The highest BCUT2D eigenvalue weighted by Crippen LogP contribution is 2.25. The summed E-state index contributed by atoms with van der Waals surface area (Å²) >= 11 is 0. The van der Waals surface area contributed by atoms with Crippen molar-refractivity contribution >= 4 is 5.97 Å². The molecule has 0 fully saturated rings. The molecule has 0 unspecified atom stereocenters. The van der Waals surface area contributed by atoms with Crippen LogP contribution in [0.2, 0.25) is 0 Å². The lowest BCUT2D eigenvalue weighted by atomic mass is 10.1. The van der Waals surface area contributed by atoms with Crippen LogP contribution in [0.15, 0.2) is 36.5 Å². The van der Waals surface area contributed by atoms with Gasteiger partial charge in [-0.25, -0.2) is 4.79 Å². The smallest absolute Gasteiger partial charge is 0.408 e. The summed E-state index contributed by atoms with van der Waals surface area (Å²) in [6, 6.07) is 8.61. The van der Waals surface area contributed by atoms with Gasteiger partial charge in [0, 0.05) is 11.8 Å². The van der Waals surface area contributed by atoms with Crippen molar-refractivity contribution in [2.45, 2.75) is 19.6 Å². The predicted octanol–water partition coefficient (Wildman–Crippen LogP) is 3.29. The Hall–Kier alpha value is -2.31. The molecule has 0 saturated heterocycles. The van der Waals surface area contributed by atoms with Gasteiger partial charge in [-0.1, -0.05) is 30.3 Å². The number of halogens is 3. The largest absolute Gasteiger partial charge is 0.461 e. The van der Waals surface area contributed by atoms with E-state index in [-0.39, 0.29) is 12.3 Å². The van der Waals surface area contributed by atoms with Gasteiger partial charge in [-0.3, -0.25) is 4.68 Å². The molecule has 0 aliphatic rings. The molecule has 0 spiro atoms. The van der Waals surface area contributed by atoms with Crippen LogP contribution in [0, 0.1) is 0 Å². The van der Waals surface area contributed by atoms with E-state index in [9.17, 15) is 18.0 Å². The fourth-order valence-corrected chi connectivity index (χ4v) is 1.87. The summed E-state index contributed by atoms with van der Waals surface area (Å²) in [7, 11) is 0. The lowest BCUT2D eigenvalue weighted by molar-refractivity contribution is -0.142. The van der Waals surface area contributed by atoms with Crippen molar-refractivity contribution in [3.8, 4) is 11.1 Å². The second-order valence-electron chi connectivity index (χ2n) is 4.29. The van der Waals surface area contributed by atoms with Crippen LogP contribution in [0.3, 0.4) is 0 Å². The first kappa shape index (κ1) is 15.1. The maximum absolute atomic E-state index is 12.5. The third-order valence-electron chi connectivity index (χ3n) is 2.66. The number of nitrogens with zero attached hydrogens (tertiary/aromatic N) is 2. The molecule has 1 heterocycles. The first-order chi connectivity index (χ1) is 9.90. The van der Waals surface area contributed by atoms with Crippen LogP contribution in [0.25, 0.3) is 11.1 Å². The first-order valence-electron chi connectivity index (χ1n) is 6.27. The highest BCUT2D eigenvalue weighted by molar-refractivity contribution is 5.95. The molecule has 0 amide bonds. The van der Waals surface area contributed by atoms with Crippen molar-refractivity contribution in [2.24, 2.45) is 0 Å². The van der Waals surface area contributed by atoms with Gasteiger partial charge in [0.1, 0.15) is 6.54 Å². The molecule has 7 heteroatoms. The molecule has 0 aliphatic heterocycles. The summed E-state index contributed by atoms with van der Waals surface area (Å²) in [5.41, 5.74) is 0.805. The summed E-state index contributed by atoms with van der Waals surface area (Å²) in [6.45, 7) is 0.484. The Labute approximate surface area is 119 Å². The minimum Gasteiger partial charge on any atom is -0.461 e. The van der Waals surface area contributed by atoms with Gasteiger partial charge in [0.05, 0.1) is 6.61 Å². The molecular weight excluding hydrogens is 285 g/mol. The van der Waals surface area contributed by atoms with Crippen molar-refractivity contribution in [3.05, 3.63) is 42.2 Å². The molecule has 0 saturated carbocycles. The van der Waals surface area contributed by atoms with Crippen LogP contribution in [0.4, 0.5) is 13.2 Å². The van der Waals surface area contributed by atoms with E-state index in [1.165, 1.54) is 6.20 Å². The highest BCUT2D eigenvalue weighted by Gasteiger charge is 2.30. The standard InChI is InChI=1S/C14H13F3N2O2/c1-2-21-13(20)12-11(10-6-4-3-5-7-10)8-19(18-12)9-14(15,16)17/h3-8H,2,9H2,1H3. The van der Waals surface area contributed by atoms with Gasteiger partial charge in [0.2, 0.25) is 0 Å². The third kappa shape index (κ3) is 3.84. The summed E-state index contributed by atoms with van der Waals surface area (Å²) in [5.74, 6) is -0.739. The minimum atomic E-state index is -4.41. The molecule has 2 aromatic rings. The van der Waals surface area contributed by atoms with E-state index in [1.54, 1.807) is 37.3 Å². The molecular formula is C14H13F3N2O2. The van der Waals surface area contributed by atoms with Crippen LogP contribution >= 0.6 is 0 Å². The monoisotopic (exact) mass is 298 g/mol. The highest BCUT2D eigenvalue weighted by atomic mass is 19.4. The van der Waals surface area contributed by atoms with E-state index in [1.807, 2.05) is 0 Å². The second-order valence-corrected chi connectivity index (χ2v) is 4.29. The van der Waals surface area contributed by atoms with Crippen molar-refractivity contribution in [2.75, 3.05) is 6.61 Å². The van der Waals surface area contributed by atoms with E-state index in [0.29, 0.717) is 15.8 Å². The van der Waals surface area contributed by atoms with Crippen molar-refractivity contribution in [1.82, 2.24) is 9.78 Å². The van der Waals surface area contributed by atoms with E-state index in [0.717, 1.165) is 0 Å². The predicted molar refractivity (Wildman–Crippen MR) is 69.7 cm³/mol. The van der Waals surface area contributed by atoms with E-state index >= 15 is 0 Å². The van der Waals surface area contributed by atoms with E-state index < -0.39 is 18.7 Å². The van der Waals surface area contributed by atoms with Gasteiger partial charge in [-0.15, -0.1) is 0 Å². The molecule has 112 valence electrons. The van der Waals surface area contributed by atoms with E-state index in [2.05, 4.69) is 5.10 Å². The number of carbonyl (C=O) groups excluding carboxylic acids is 1. The maximum Gasteiger partial charge on any atom is 0.408 e. The van der Waals surface area contributed by atoms with Gasteiger partial charge in [0.15, 0.2) is 5.69 Å². The Kier molecular flexibility index (Phi) is 4.30. The average Bonchev–Trinajstić information content (AvgIpc) is 2.82. The lowest BCUT2D eigenvalue weighted by Gasteiger charge is -2.05. The topological polar surface area (TPSA) is 44.1 Å². The van der Waals surface area contributed by atoms with Crippen molar-refractivity contribution < 1.29 is 22.7 Å². The fraction of sp³-hybridized carbons (Fsp3) is 0.286. The third-order valence-corrected chi connectivity index (χ3v) is 2.66. The fourth-order valence-electron chi connectivity index (χ4n) is 1.87. The Balaban J connectivity index is 2.43. The number of carbonyl (C=O) groups is 1.